The lowest BCUT2D eigenvalue weighted by molar-refractivity contribution is -0.422. The van der Waals surface area contributed by atoms with E-state index in [-0.39, 0.29) is 0 Å². The second kappa shape index (κ2) is 5.85. The van der Waals surface area contributed by atoms with E-state index in [1.165, 1.54) is 0 Å². The highest BCUT2D eigenvalue weighted by Crippen LogP contribution is 2.58. The summed E-state index contributed by atoms with van der Waals surface area (Å²) in [6, 6.07) is 0. The zero-order valence-electron chi connectivity index (χ0n) is 9.47. The molecule has 1 nitrogen and oxygen atoms in total. The quantitative estimate of drug-likeness (QED) is 0.361. The van der Waals surface area contributed by atoms with E-state index < -0.39 is 46.8 Å². The maximum absolute atomic E-state index is 13.0. The van der Waals surface area contributed by atoms with Crippen LogP contribution in [-0.2, 0) is 0 Å². The van der Waals surface area contributed by atoms with Crippen LogP contribution < -0.4 is 0 Å². The van der Waals surface area contributed by atoms with E-state index in [9.17, 15) is 48.3 Å². The number of hydrogen-bond acceptors (Lipinski definition) is 1. The fourth-order valence-electron chi connectivity index (χ4n) is 1.08. The van der Waals surface area contributed by atoms with Crippen LogP contribution in [0.5, 0.6) is 0 Å². The molecule has 0 heterocycles. The lowest BCUT2D eigenvalue weighted by Crippen LogP contribution is -2.66. The Morgan fingerprint density at radius 1 is 0.714 bits per heavy atom. The van der Waals surface area contributed by atoms with Gasteiger partial charge < -0.3 is 5.11 Å². The van der Waals surface area contributed by atoms with Gasteiger partial charge in [0.2, 0.25) is 0 Å². The Balaban J connectivity index is 5.77. The van der Waals surface area contributed by atoms with Gasteiger partial charge in [0, 0.05) is 10.3 Å². The minimum absolute atomic E-state index is 0.918. The molecule has 13 heteroatoms. The van der Waals surface area contributed by atoms with Crippen LogP contribution in [0.3, 0.4) is 0 Å². The summed E-state index contributed by atoms with van der Waals surface area (Å²) in [4.78, 5) is 0. The SMILES string of the molecule is OCC(I)CC(F)(F)C(F)(F)C(F)(F)C(F)(F)C(F)(F)F. The number of aliphatic hydroxyl groups is 1. The van der Waals surface area contributed by atoms with E-state index in [0.29, 0.717) is 0 Å². The summed E-state index contributed by atoms with van der Waals surface area (Å²) in [5.74, 6) is -27.6. The summed E-state index contributed by atoms with van der Waals surface area (Å²) in [5.41, 5.74) is 0. The molecule has 0 bridgehead atoms. The van der Waals surface area contributed by atoms with Crippen molar-refractivity contribution >= 4 is 22.6 Å². The van der Waals surface area contributed by atoms with Crippen LogP contribution in [0.4, 0.5) is 48.3 Å². The van der Waals surface area contributed by atoms with E-state index in [1.807, 2.05) is 0 Å². The molecule has 0 spiro atoms. The highest BCUT2D eigenvalue weighted by atomic mass is 127. The van der Waals surface area contributed by atoms with Crippen LogP contribution in [0.15, 0.2) is 0 Å². The summed E-state index contributed by atoms with van der Waals surface area (Å²) in [6.07, 6.45) is -9.38. The molecule has 0 fully saturated rings. The van der Waals surface area contributed by atoms with Gasteiger partial charge >= 0.3 is 29.9 Å². The van der Waals surface area contributed by atoms with Gasteiger partial charge in [-0.2, -0.15) is 48.3 Å². The lowest BCUT2D eigenvalue weighted by atomic mass is 9.95. The summed E-state index contributed by atoms with van der Waals surface area (Å²) in [6.45, 7) is -1.20. The minimum atomic E-state index is -7.38. The van der Waals surface area contributed by atoms with Crippen LogP contribution >= 0.6 is 22.6 Å². The molecule has 0 amide bonds. The van der Waals surface area contributed by atoms with Gasteiger partial charge in [0.15, 0.2) is 0 Å². The molecule has 0 aromatic heterocycles. The molecule has 0 saturated carbocycles. The summed E-state index contributed by atoms with van der Waals surface area (Å²) >= 11 is 0.918. The van der Waals surface area contributed by atoms with Crippen molar-refractivity contribution in [3.8, 4) is 0 Å². The molecule has 1 atom stereocenters. The topological polar surface area (TPSA) is 20.2 Å². The van der Waals surface area contributed by atoms with E-state index in [2.05, 4.69) is 0 Å². The molecule has 0 aliphatic rings. The Morgan fingerprint density at radius 2 is 1.10 bits per heavy atom. The second-order valence-corrected chi connectivity index (χ2v) is 5.67. The van der Waals surface area contributed by atoms with Crippen LogP contribution in [0.25, 0.3) is 0 Å². The van der Waals surface area contributed by atoms with Crippen molar-refractivity contribution in [3.05, 3.63) is 0 Å². The van der Waals surface area contributed by atoms with E-state index in [1.54, 1.807) is 0 Å². The summed E-state index contributed by atoms with van der Waals surface area (Å²) in [5, 5.41) is 8.35. The smallest absolute Gasteiger partial charge is 0.395 e. The standard InChI is InChI=1S/C8H6F11IO/c9-4(10,1-3(20)2-21)5(11,12)6(13,14)7(15,16)8(17,18)19/h3,21H,1-2H2. The molecule has 128 valence electrons. The van der Waals surface area contributed by atoms with Gasteiger partial charge in [-0.15, -0.1) is 0 Å². The molecule has 0 saturated heterocycles. The van der Waals surface area contributed by atoms with Crippen LogP contribution in [0, 0.1) is 0 Å². The van der Waals surface area contributed by atoms with Gasteiger partial charge in [-0.05, 0) is 0 Å². The first-order chi connectivity index (χ1) is 8.95. The van der Waals surface area contributed by atoms with Crippen LogP contribution in [0.2, 0.25) is 0 Å². The first kappa shape index (κ1) is 20.9. The molecular weight excluding hydrogens is 448 g/mol. The number of aliphatic hydroxyl groups excluding tert-OH is 1. The minimum Gasteiger partial charge on any atom is -0.395 e. The van der Waals surface area contributed by atoms with Gasteiger partial charge in [-0.3, -0.25) is 0 Å². The molecule has 21 heavy (non-hydrogen) atoms. The average molecular weight is 454 g/mol. The van der Waals surface area contributed by atoms with Crippen molar-refractivity contribution in [1.82, 2.24) is 0 Å². The van der Waals surface area contributed by atoms with Crippen molar-refractivity contribution in [2.75, 3.05) is 6.61 Å². The van der Waals surface area contributed by atoms with Crippen molar-refractivity contribution in [3.63, 3.8) is 0 Å². The first-order valence-electron chi connectivity index (χ1n) is 4.78. The van der Waals surface area contributed by atoms with Crippen LogP contribution in [0.1, 0.15) is 6.42 Å². The van der Waals surface area contributed by atoms with Gasteiger partial charge in [0.25, 0.3) is 0 Å². The van der Waals surface area contributed by atoms with Crippen molar-refractivity contribution in [2.45, 2.75) is 40.2 Å². The third kappa shape index (κ3) is 3.47. The normalized spacial score (nSPS) is 17.0. The van der Waals surface area contributed by atoms with Gasteiger partial charge in [0.1, 0.15) is 0 Å². The van der Waals surface area contributed by atoms with E-state index in [0.717, 1.165) is 22.6 Å². The average Bonchev–Trinajstić information content (AvgIpc) is 2.25. The molecule has 0 aromatic rings. The molecule has 0 aromatic carbocycles. The predicted molar refractivity (Wildman–Crippen MR) is 55.4 cm³/mol. The molecule has 1 N–H and O–H groups in total. The zero-order valence-corrected chi connectivity index (χ0v) is 11.6. The molecule has 0 aliphatic carbocycles. The Labute approximate surface area is 123 Å². The highest BCUT2D eigenvalue weighted by molar-refractivity contribution is 14.1. The number of hydrogen-bond donors (Lipinski definition) is 1. The van der Waals surface area contributed by atoms with E-state index >= 15 is 0 Å². The first-order valence-corrected chi connectivity index (χ1v) is 6.03. The summed E-state index contributed by atoms with van der Waals surface area (Å²) in [7, 11) is 0. The maximum atomic E-state index is 13.0. The highest BCUT2D eigenvalue weighted by Gasteiger charge is 2.86. The molecule has 1 unspecified atom stereocenters. The van der Waals surface area contributed by atoms with Gasteiger partial charge in [0.05, 0.1) is 6.61 Å². The predicted octanol–water partition coefficient (Wildman–Crippen LogP) is 4.28. The fraction of sp³-hybridized carbons (Fsp3) is 1.00. The largest absolute Gasteiger partial charge is 0.460 e. The molecular formula is C8H6F11IO. The van der Waals surface area contributed by atoms with Crippen molar-refractivity contribution < 1.29 is 53.4 Å². The third-order valence-electron chi connectivity index (χ3n) is 2.28. The number of halogens is 12. The summed E-state index contributed by atoms with van der Waals surface area (Å²) < 4.78 is 136. The maximum Gasteiger partial charge on any atom is 0.460 e. The molecule has 0 aliphatic heterocycles. The van der Waals surface area contributed by atoms with Crippen molar-refractivity contribution in [2.24, 2.45) is 0 Å². The van der Waals surface area contributed by atoms with E-state index in [4.69, 9.17) is 5.11 Å². The number of rotatable bonds is 6. The Hall–Kier alpha value is -0.0800. The Kier molecular flexibility index (Phi) is 5.83. The number of alkyl halides is 12. The van der Waals surface area contributed by atoms with Gasteiger partial charge in [-0.1, -0.05) is 22.6 Å². The Bertz CT molecular complexity index is 364. The van der Waals surface area contributed by atoms with Crippen LogP contribution in [-0.4, -0.2) is 45.5 Å². The van der Waals surface area contributed by atoms with Crippen molar-refractivity contribution in [1.29, 1.82) is 0 Å². The fourth-order valence-corrected chi connectivity index (χ4v) is 1.63. The monoisotopic (exact) mass is 454 g/mol. The lowest BCUT2D eigenvalue weighted by Gasteiger charge is -2.37. The Morgan fingerprint density at radius 3 is 1.38 bits per heavy atom. The zero-order chi connectivity index (χ0) is 17.5. The molecule has 0 rings (SSSR count). The molecule has 0 radical (unpaired) electrons. The third-order valence-corrected chi connectivity index (χ3v) is 3.11. The van der Waals surface area contributed by atoms with Gasteiger partial charge in [-0.25, -0.2) is 0 Å². The second-order valence-electron chi connectivity index (χ2n) is 3.91.